The lowest BCUT2D eigenvalue weighted by atomic mass is 10.2. The molecule has 0 aromatic carbocycles. The van der Waals surface area contributed by atoms with E-state index in [1.807, 2.05) is 26.8 Å². The van der Waals surface area contributed by atoms with Crippen molar-refractivity contribution in [3.63, 3.8) is 0 Å². The summed E-state index contributed by atoms with van der Waals surface area (Å²) < 4.78 is 41.3. The van der Waals surface area contributed by atoms with Gasteiger partial charge in [0, 0.05) is 18.8 Å². The van der Waals surface area contributed by atoms with E-state index in [1.165, 1.54) is 0 Å². The highest BCUT2D eigenvalue weighted by atomic mass is 19.4. The van der Waals surface area contributed by atoms with Crippen molar-refractivity contribution in [2.75, 3.05) is 13.2 Å². The SMILES string of the molecule is Cc1cc(C)n(C[C@@H](C)CNC(=O)OCC(F)(F)F)n1. The fourth-order valence-corrected chi connectivity index (χ4v) is 1.68. The lowest BCUT2D eigenvalue weighted by molar-refractivity contribution is -0.160. The summed E-state index contributed by atoms with van der Waals surface area (Å²) in [4.78, 5) is 11.1. The van der Waals surface area contributed by atoms with Crippen molar-refractivity contribution >= 4 is 6.09 Å². The minimum atomic E-state index is -4.51. The molecule has 0 fully saturated rings. The number of hydrogen-bond donors (Lipinski definition) is 1. The Morgan fingerprint density at radius 2 is 2.15 bits per heavy atom. The molecule has 1 atom stereocenters. The highest BCUT2D eigenvalue weighted by Crippen LogP contribution is 2.14. The zero-order valence-corrected chi connectivity index (χ0v) is 11.6. The van der Waals surface area contributed by atoms with Crippen LogP contribution in [0.2, 0.25) is 0 Å². The van der Waals surface area contributed by atoms with Gasteiger partial charge in [-0.25, -0.2) is 4.79 Å². The van der Waals surface area contributed by atoms with E-state index < -0.39 is 18.9 Å². The highest BCUT2D eigenvalue weighted by molar-refractivity contribution is 5.67. The first-order chi connectivity index (χ1) is 9.17. The molecule has 0 bridgehead atoms. The maximum Gasteiger partial charge on any atom is 0.422 e. The lowest BCUT2D eigenvalue weighted by Crippen LogP contribution is -2.33. The molecule has 0 radical (unpaired) electrons. The molecule has 1 aromatic rings. The topological polar surface area (TPSA) is 56.2 Å². The molecule has 0 unspecified atom stereocenters. The second-order valence-electron chi connectivity index (χ2n) is 4.79. The monoisotopic (exact) mass is 293 g/mol. The van der Waals surface area contributed by atoms with Crippen LogP contribution in [0.15, 0.2) is 6.07 Å². The highest BCUT2D eigenvalue weighted by Gasteiger charge is 2.29. The van der Waals surface area contributed by atoms with Crippen LogP contribution < -0.4 is 5.32 Å². The van der Waals surface area contributed by atoms with Gasteiger partial charge in [0.2, 0.25) is 0 Å². The van der Waals surface area contributed by atoms with Gasteiger partial charge in [-0.3, -0.25) is 4.68 Å². The quantitative estimate of drug-likeness (QED) is 0.907. The van der Waals surface area contributed by atoms with Crippen LogP contribution in [0, 0.1) is 19.8 Å². The number of aromatic nitrogens is 2. The first kappa shape index (κ1) is 16.3. The molecule has 8 heteroatoms. The minimum Gasteiger partial charge on any atom is -0.440 e. The van der Waals surface area contributed by atoms with Gasteiger partial charge >= 0.3 is 12.3 Å². The molecule has 0 spiro atoms. The summed E-state index contributed by atoms with van der Waals surface area (Å²) in [6.07, 6.45) is -5.57. The summed E-state index contributed by atoms with van der Waals surface area (Å²) in [7, 11) is 0. The predicted molar refractivity (Wildman–Crippen MR) is 66.3 cm³/mol. The number of alkyl carbamates (subject to hydrolysis) is 1. The summed E-state index contributed by atoms with van der Waals surface area (Å²) in [6, 6.07) is 1.93. The lowest BCUT2D eigenvalue weighted by Gasteiger charge is -2.14. The number of halogens is 3. The van der Waals surface area contributed by atoms with Crippen LogP contribution in [0.25, 0.3) is 0 Å². The van der Waals surface area contributed by atoms with Crippen molar-refractivity contribution < 1.29 is 22.7 Å². The van der Waals surface area contributed by atoms with E-state index in [-0.39, 0.29) is 12.5 Å². The van der Waals surface area contributed by atoms with Crippen molar-refractivity contribution in [1.29, 1.82) is 0 Å². The van der Waals surface area contributed by atoms with Gasteiger partial charge in [-0.1, -0.05) is 6.92 Å². The van der Waals surface area contributed by atoms with Gasteiger partial charge in [-0.2, -0.15) is 18.3 Å². The number of alkyl halides is 3. The summed E-state index contributed by atoms with van der Waals surface area (Å²) in [5.41, 5.74) is 1.89. The number of amides is 1. The second-order valence-corrected chi connectivity index (χ2v) is 4.79. The Balaban J connectivity index is 2.31. The summed E-state index contributed by atoms with van der Waals surface area (Å²) >= 11 is 0. The Bertz CT molecular complexity index is 457. The summed E-state index contributed by atoms with van der Waals surface area (Å²) in [5.74, 6) is 0.0198. The van der Waals surface area contributed by atoms with E-state index in [9.17, 15) is 18.0 Å². The normalized spacial score (nSPS) is 13.1. The van der Waals surface area contributed by atoms with Crippen LogP contribution in [0.5, 0.6) is 0 Å². The Labute approximate surface area is 115 Å². The Morgan fingerprint density at radius 1 is 1.50 bits per heavy atom. The van der Waals surface area contributed by atoms with E-state index in [4.69, 9.17) is 0 Å². The smallest absolute Gasteiger partial charge is 0.422 e. The summed E-state index contributed by atoms with van der Waals surface area (Å²) in [6.45, 7) is 4.86. The van der Waals surface area contributed by atoms with E-state index >= 15 is 0 Å². The third-order valence-electron chi connectivity index (χ3n) is 2.55. The third kappa shape index (κ3) is 5.94. The fraction of sp³-hybridized carbons (Fsp3) is 0.667. The number of carbonyl (C=O) groups excluding carboxylic acids is 1. The molecule has 114 valence electrons. The number of carbonyl (C=O) groups is 1. The van der Waals surface area contributed by atoms with Crippen LogP contribution in [-0.2, 0) is 11.3 Å². The molecule has 20 heavy (non-hydrogen) atoms. The first-order valence-electron chi connectivity index (χ1n) is 6.16. The summed E-state index contributed by atoms with van der Waals surface area (Å²) in [5, 5.41) is 6.57. The van der Waals surface area contributed by atoms with E-state index in [0.717, 1.165) is 11.4 Å². The van der Waals surface area contributed by atoms with Gasteiger partial charge in [0.1, 0.15) is 0 Å². The van der Waals surface area contributed by atoms with Gasteiger partial charge < -0.3 is 10.1 Å². The number of nitrogens with one attached hydrogen (secondary N) is 1. The van der Waals surface area contributed by atoms with Crippen LogP contribution in [0.3, 0.4) is 0 Å². The molecule has 1 rings (SSSR count). The zero-order chi connectivity index (χ0) is 15.3. The first-order valence-corrected chi connectivity index (χ1v) is 6.16. The molecule has 0 aliphatic carbocycles. The number of ether oxygens (including phenoxy) is 1. The molecule has 1 heterocycles. The van der Waals surface area contributed by atoms with Crippen molar-refractivity contribution in [1.82, 2.24) is 15.1 Å². The number of rotatable bonds is 5. The van der Waals surface area contributed by atoms with Gasteiger partial charge in [0.15, 0.2) is 6.61 Å². The van der Waals surface area contributed by atoms with Crippen molar-refractivity contribution in [3.8, 4) is 0 Å². The van der Waals surface area contributed by atoms with Crippen LogP contribution in [-0.4, -0.2) is 35.2 Å². The maximum absolute atomic E-state index is 11.8. The van der Waals surface area contributed by atoms with E-state index in [1.54, 1.807) is 4.68 Å². The molecular formula is C12H18F3N3O2. The van der Waals surface area contributed by atoms with E-state index in [0.29, 0.717) is 6.54 Å². The minimum absolute atomic E-state index is 0.0198. The average Bonchev–Trinajstić information content (AvgIpc) is 2.61. The Morgan fingerprint density at radius 3 is 2.65 bits per heavy atom. The van der Waals surface area contributed by atoms with Gasteiger partial charge in [0.05, 0.1) is 5.69 Å². The molecule has 0 saturated carbocycles. The van der Waals surface area contributed by atoms with Crippen molar-refractivity contribution in [2.24, 2.45) is 5.92 Å². The number of nitrogens with zero attached hydrogens (tertiary/aromatic N) is 2. The molecule has 0 saturated heterocycles. The predicted octanol–water partition coefficient (Wildman–Crippen LogP) is 2.42. The Hall–Kier alpha value is -1.73. The molecule has 0 aliphatic heterocycles. The molecule has 5 nitrogen and oxygen atoms in total. The van der Waals surface area contributed by atoms with Crippen LogP contribution in [0.4, 0.5) is 18.0 Å². The fourth-order valence-electron chi connectivity index (χ4n) is 1.68. The van der Waals surface area contributed by atoms with E-state index in [2.05, 4.69) is 15.2 Å². The molecule has 1 N–H and O–H groups in total. The van der Waals surface area contributed by atoms with Crippen molar-refractivity contribution in [2.45, 2.75) is 33.5 Å². The zero-order valence-electron chi connectivity index (χ0n) is 11.6. The van der Waals surface area contributed by atoms with Crippen molar-refractivity contribution in [3.05, 3.63) is 17.5 Å². The largest absolute Gasteiger partial charge is 0.440 e. The molecule has 1 aromatic heterocycles. The Kier molecular flexibility index (Phi) is 5.41. The van der Waals surface area contributed by atoms with Gasteiger partial charge in [0.25, 0.3) is 0 Å². The second kappa shape index (κ2) is 6.62. The average molecular weight is 293 g/mol. The van der Waals surface area contributed by atoms with Crippen LogP contribution in [0.1, 0.15) is 18.3 Å². The van der Waals surface area contributed by atoms with Gasteiger partial charge in [-0.15, -0.1) is 0 Å². The molecule has 1 amide bonds. The molecule has 0 aliphatic rings. The van der Waals surface area contributed by atoms with Crippen LogP contribution >= 0.6 is 0 Å². The van der Waals surface area contributed by atoms with Gasteiger partial charge in [-0.05, 0) is 25.8 Å². The number of hydrogen-bond acceptors (Lipinski definition) is 3. The standard InChI is InChI=1S/C12H18F3N3O2/c1-8(6-18-10(3)4-9(2)17-18)5-16-11(19)20-7-12(13,14)15/h4,8H,5-7H2,1-3H3,(H,16,19)/t8-/m0/s1. The maximum atomic E-state index is 11.8. The molecular weight excluding hydrogens is 275 g/mol. The number of aryl methyl sites for hydroxylation is 2. The third-order valence-corrected chi connectivity index (χ3v) is 2.55.